The van der Waals surface area contributed by atoms with Gasteiger partial charge in [0.1, 0.15) is 5.60 Å². The van der Waals surface area contributed by atoms with Gasteiger partial charge < -0.3 is 10.4 Å². The fourth-order valence-corrected chi connectivity index (χ4v) is 6.07. The largest absolute Gasteiger partial charge is 0.386 e. The molecule has 5 rings (SSSR count). The van der Waals surface area contributed by atoms with Gasteiger partial charge in [-0.2, -0.15) is 0 Å². The van der Waals surface area contributed by atoms with Gasteiger partial charge >= 0.3 is 0 Å². The van der Waals surface area contributed by atoms with E-state index in [1.165, 1.54) is 22.3 Å². The quantitative estimate of drug-likeness (QED) is 0.728. The zero-order valence-electron chi connectivity index (χ0n) is 18.3. The molecule has 1 atom stereocenters. The molecule has 1 aromatic carbocycles. The van der Waals surface area contributed by atoms with Gasteiger partial charge in [0, 0.05) is 36.2 Å². The highest BCUT2D eigenvalue weighted by Gasteiger charge is 2.47. The number of hydrogen-bond donors (Lipinski definition) is 2. The van der Waals surface area contributed by atoms with Crippen molar-refractivity contribution in [2.24, 2.45) is 5.92 Å². The van der Waals surface area contributed by atoms with E-state index >= 15 is 0 Å². The highest BCUT2D eigenvalue weighted by atomic mass is 35.5. The third-order valence-electron chi connectivity index (χ3n) is 7.38. The summed E-state index contributed by atoms with van der Waals surface area (Å²) in [5.41, 5.74) is 6.32. The Kier molecular flexibility index (Phi) is 5.80. The van der Waals surface area contributed by atoms with Crippen molar-refractivity contribution < 1.29 is 5.11 Å². The number of nitrogens with one attached hydrogen (secondary N) is 1. The monoisotopic (exact) mass is 437 g/mol. The van der Waals surface area contributed by atoms with Gasteiger partial charge in [0.25, 0.3) is 0 Å². The molecule has 3 heterocycles. The molecule has 0 radical (unpaired) electrons. The van der Waals surface area contributed by atoms with Crippen molar-refractivity contribution >= 4 is 11.6 Å². The first kappa shape index (κ1) is 21.0. The van der Waals surface area contributed by atoms with E-state index in [2.05, 4.69) is 40.3 Å². The Morgan fingerprint density at radius 2 is 2.00 bits per heavy atom. The number of pyridine rings is 1. The number of allylic oxidation sites excluding steroid dienone is 1. The molecule has 2 aliphatic heterocycles. The molecule has 0 bridgehead atoms. The van der Waals surface area contributed by atoms with E-state index in [1.54, 1.807) is 0 Å². The van der Waals surface area contributed by atoms with E-state index < -0.39 is 5.60 Å². The number of piperidine rings is 1. The number of nitrogens with zero attached hydrogens (tertiary/aromatic N) is 2. The number of hydrogen-bond acceptors (Lipinski definition) is 4. The second-order valence-electron chi connectivity index (χ2n) is 9.50. The predicted molar refractivity (Wildman–Crippen MR) is 125 cm³/mol. The Balaban J connectivity index is 1.42. The first-order valence-electron chi connectivity index (χ1n) is 11.6. The molecule has 4 nitrogen and oxygen atoms in total. The molecule has 2 N–H and O–H groups in total. The number of rotatable bonds is 3. The summed E-state index contributed by atoms with van der Waals surface area (Å²) in [5, 5.41) is 16.8. The predicted octanol–water partition coefficient (Wildman–Crippen LogP) is 4.73. The summed E-state index contributed by atoms with van der Waals surface area (Å²) in [6.07, 6.45) is 10.0. The average molecular weight is 438 g/mol. The zero-order chi connectivity index (χ0) is 21.4. The Labute approximate surface area is 190 Å². The molecule has 1 unspecified atom stereocenters. The van der Waals surface area contributed by atoms with E-state index in [4.69, 9.17) is 11.6 Å². The SMILES string of the molecule is Cc1cncc(CN2CCC(C3(O)C4=C(CCCN4)CCc4cc(Cl)ccc43)CC2)c1. The highest BCUT2D eigenvalue weighted by molar-refractivity contribution is 6.30. The number of likely N-dealkylation sites (tertiary alicyclic amines) is 1. The standard InChI is InChI=1S/C26H32ClN3O/c1-18-13-19(16-28-15-18)17-30-11-8-22(9-12-30)26(31)24-7-6-23(27)14-21(24)5-4-20-3-2-10-29-25(20)26/h6-7,13-16,22,29,31H,2-5,8-12,17H2,1H3. The van der Waals surface area contributed by atoms with Gasteiger partial charge in [-0.05, 0) is 104 Å². The lowest BCUT2D eigenvalue weighted by Crippen LogP contribution is -2.48. The van der Waals surface area contributed by atoms with Crippen molar-refractivity contribution in [2.45, 2.75) is 57.6 Å². The number of aryl methyl sites for hydroxylation is 2. The second-order valence-corrected chi connectivity index (χ2v) is 9.93. The summed E-state index contributed by atoms with van der Waals surface area (Å²) < 4.78 is 0. The van der Waals surface area contributed by atoms with Gasteiger partial charge in [0.15, 0.2) is 0 Å². The minimum atomic E-state index is -0.941. The van der Waals surface area contributed by atoms with Crippen LogP contribution in [0.4, 0.5) is 0 Å². The van der Waals surface area contributed by atoms with Crippen molar-refractivity contribution in [3.05, 3.63) is 75.2 Å². The lowest BCUT2D eigenvalue weighted by molar-refractivity contribution is -0.0254. The molecule has 1 fully saturated rings. The van der Waals surface area contributed by atoms with Crippen molar-refractivity contribution in [1.82, 2.24) is 15.2 Å². The van der Waals surface area contributed by atoms with Gasteiger partial charge in [0.2, 0.25) is 0 Å². The van der Waals surface area contributed by atoms with Crippen molar-refractivity contribution in [1.29, 1.82) is 0 Å². The van der Waals surface area contributed by atoms with Crippen molar-refractivity contribution in [3.8, 4) is 0 Å². The Bertz CT molecular complexity index is 996. The molecule has 164 valence electrons. The maximum Gasteiger partial charge on any atom is 0.132 e. The molecule has 3 aliphatic rings. The number of benzene rings is 1. The molecule has 1 aromatic heterocycles. The molecule has 5 heteroatoms. The minimum absolute atomic E-state index is 0.202. The van der Waals surface area contributed by atoms with E-state index in [9.17, 15) is 5.11 Å². The molecule has 1 saturated heterocycles. The Morgan fingerprint density at radius 3 is 2.81 bits per heavy atom. The smallest absolute Gasteiger partial charge is 0.132 e. The summed E-state index contributed by atoms with van der Waals surface area (Å²) in [6.45, 7) is 5.96. The van der Waals surface area contributed by atoms with Crippen LogP contribution in [0.15, 0.2) is 47.9 Å². The minimum Gasteiger partial charge on any atom is -0.386 e. The van der Waals surface area contributed by atoms with Crippen LogP contribution in [-0.4, -0.2) is 34.6 Å². The summed E-state index contributed by atoms with van der Waals surface area (Å²) in [5.74, 6) is 0.202. The fraction of sp³-hybridized carbons (Fsp3) is 0.500. The number of aromatic nitrogens is 1. The number of aliphatic hydroxyl groups is 1. The highest BCUT2D eigenvalue weighted by Crippen LogP contribution is 2.47. The summed E-state index contributed by atoms with van der Waals surface area (Å²) in [7, 11) is 0. The van der Waals surface area contributed by atoms with Crippen molar-refractivity contribution in [3.63, 3.8) is 0 Å². The lowest BCUT2D eigenvalue weighted by Gasteiger charge is -2.45. The number of fused-ring (bicyclic) bond motifs is 1. The number of halogens is 1. The average Bonchev–Trinajstić information content (AvgIpc) is 2.90. The van der Waals surface area contributed by atoms with Crippen LogP contribution in [0.3, 0.4) is 0 Å². The van der Waals surface area contributed by atoms with Gasteiger partial charge in [-0.15, -0.1) is 0 Å². The Hall–Kier alpha value is -1.88. The fourth-order valence-electron chi connectivity index (χ4n) is 5.88. The van der Waals surface area contributed by atoms with Crippen LogP contribution in [0.5, 0.6) is 0 Å². The first-order valence-corrected chi connectivity index (χ1v) is 12.0. The molecular formula is C26H32ClN3O. The molecule has 31 heavy (non-hydrogen) atoms. The van der Waals surface area contributed by atoms with Gasteiger partial charge in [0.05, 0.1) is 0 Å². The molecule has 1 aliphatic carbocycles. The lowest BCUT2D eigenvalue weighted by atomic mass is 9.71. The molecular weight excluding hydrogens is 406 g/mol. The van der Waals surface area contributed by atoms with E-state index in [-0.39, 0.29) is 5.92 Å². The topological polar surface area (TPSA) is 48.4 Å². The molecule has 0 amide bonds. The van der Waals surface area contributed by atoms with Crippen molar-refractivity contribution in [2.75, 3.05) is 19.6 Å². The summed E-state index contributed by atoms with van der Waals surface area (Å²) >= 11 is 6.35. The molecule has 2 aromatic rings. The summed E-state index contributed by atoms with van der Waals surface area (Å²) in [4.78, 5) is 6.84. The van der Waals surface area contributed by atoms with Gasteiger partial charge in [-0.3, -0.25) is 9.88 Å². The Morgan fingerprint density at radius 1 is 1.16 bits per heavy atom. The van der Waals surface area contributed by atoms with E-state index in [1.807, 2.05) is 18.5 Å². The van der Waals surface area contributed by atoms with Gasteiger partial charge in [-0.25, -0.2) is 0 Å². The van der Waals surface area contributed by atoms with Crippen LogP contribution in [0.2, 0.25) is 5.02 Å². The van der Waals surface area contributed by atoms with Crippen LogP contribution >= 0.6 is 11.6 Å². The third kappa shape index (κ3) is 4.02. The van der Waals surface area contributed by atoms with E-state index in [0.717, 1.165) is 81.0 Å². The normalized spacial score (nSPS) is 24.9. The molecule has 0 saturated carbocycles. The van der Waals surface area contributed by atoms with Crippen LogP contribution < -0.4 is 5.32 Å². The zero-order valence-corrected chi connectivity index (χ0v) is 19.1. The van der Waals surface area contributed by atoms with Gasteiger partial charge in [-0.1, -0.05) is 23.7 Å². The first-order chi connectivity index (χ1) is 15.0. The third-order valence-corrected chi connectivity index (χ3v) is 7.62. The van der Waals surface area contributed by atoms with Crippen LogP contribution in [-0.2, 0) is 18.6 Å². The maximum atomic E-state index is 12.4. The van der Waals surface area contributed by atoms with Crippen LogP contribution in [0.1, 0.15) is 54.4 Å². The van der Waals surface area contributed by atoms with E-state index in [0.29, 0.717) is 0 Å². The molecule has 0 spiro atoms. The van der Waals surface area contributed by atoms with Crippen LogP contribution in [0.25, 0.3) is 0 Å². The van der Waals surface area contributed by atoms with Crippen LogP contribution in [0, 0.1) is 12.8 Å². The second kappa shape index (κ2) is 8.57. The summed E-state index contributed by atoms with van der Waals surface area (Å²) in [6, 6.07) is 8.31. The maximum absolute atomic E-state index is 12.4.